The maximum absolute atomic E-state index is 12.0. The molecule has 0 aromatic heterocycles. The van der Waals surface area contributed by atoms with Crippen LogP contribution in [0.15, 0.2) is 17.0 Å². The lowest BCUT2D eigenvalue weighted by Gasteiger charge is -2.07. The van der Waals surface area contributed by atoms with Gasteiger partial charge in [0.1, 0.15) is 0 Å². The summed E-state index contributed by atoms with van der Waals surface area (Å²) in [6.45, 7) is 1.13. The van der Waals surface area contributed by atoms with Gasteiger partial charge in [-0.15, -0.1) is 0 Å². The van der Waals surface area contributed by atoms with E-state index in [1.165, 1.54) is 0 Å². The molecule has 21 heavy (non-hydrogen) atoms. The van der Waals surface area contributed by atoms with E-state index in [9.17, 15) is 33.4 Å². The summed E-state index contributed by atoms with van der Waals surface area (Å²) in [5, 5.41) is 21.6. The fourth-order valence-corrected chi connectivity index (χ4v) is 3.02. The Labute approximate surface area is 118 Å². The molecule has 0 aliphatic heterocycles. The number of rotatable bonds is 5. The molecule has 114 valence electrons. The average molecular weight is 318 g/mol. The highest BCUT2D eigenvalue weighted by atomic mass is 32.2. The van der Waals surface area contributed by atoms with Gasteiger partial charge in [-0.3, -0.25) is 25.0 Å². The van der Waals surface area contributed by atoms with E-state index in [0.717, 1.165) is 14.0 Å². The zero-order valence-electron chi connectivity index (χ0n) is 10.9. The van der Waals surface area contributed by atoms with Gasteiger partial charge in [-0.25, -0.2) is 8.42 Å². The molecule has 0 radical (unpaired) electrons. The summed E-state index contributed by atoms with van der Waals surface area (Å²) in [4.78, 5) is 30.1. The van der Waals surface area contributed by atoms with Crippen molar-refractivity contribution in [2.45, 2.75) is 11.8 Å². The van der Waals surface area contributed by atoms with E-state index in [1.807, 2.05) is 0 Å². The quantitative estimate of drug-likeness (QED) is 0.439. The molecule has 0 fully saturated rings. The lowest BCUT2D eigenvalue weighted by molar-refractivity contribution is -0.394. The number of nitro groups is 2. The van der Waals surface area contributed by atoms with Crippen LogP contribution in [0.1, 0.15) is 5.56 Å². The van der Waals surface area contributed by atoms with E-state index < -0.39 is 47.7 Å². The number of nitro benzene ring substituents is 2. The minimum atomic E-state index is -4.30. The number of ether oxygens (including phenoxy) is 1. The van der Waals surface area contributed by atoms with Crippen molar-refractivity contribution in [1.29, 1.82) is 0 Å². The molecule has 0 heterocycles. The van der Waals surface area contributed by atoms with Gasteiger partial charge < -0.3 is 4.74 Å². The number of hydrogen-bond acceptors (Lipinski definition) is 8. The van der Waals surface area contributed by atoms with Gasteiger partial charge in [0, 0.05) is 11.6 Å². The first-order valence-electron chi connectivity index (χ1n) is 5.33. The number of carbonyl (C=O) groups is 1. The molecule has 10 nitrogen and oxygen atoms in total. The maximum atomic E-state index is 12.0. The van der Waals surface area contributed by atoms with Gasteiger partial charge in [-0.2, -0.15) is 0 Å². The van der Waals surface area contributed by atoms with Crippen molar-refractivity contribution in [1.82, 2.24) is 0 Å². The van der Waals surface area contributed by atoms with E-state index in [0.29, 0.717) is 12.1 Å². The highest BCUT2D eigenvalue weighted by molar-refractivity contribution is 7.92. The van der Waals surface area contributed by atoms with Gasteiger partial charge in [0.2, 0.25) is 0 Å². The Balaban J connectivity index is 3.58. The highest BCUT2D eigenvalue weighted by Gasteiger charge is 2.29. The second kappa shape index (κ2) is 5.83. The third-order valence-corrected chi connectivity index (χ3v) is 4.31. The standard InChI is InChI=1S/C10H10N2O8S/c1-6-8(12(16)17)3-7(11(14)15)4-9(6)21(18,19)5-10(13)20-2/h3-4H,5H2,1-2H3. The second-order valence-electron chi connectivity index (χ2n) is 3.94. The molecule has 0 aliphatic rings. The predicted molar refractivity (Wildman–Crippen MR) is 68.6 cm³/mol. The SMILES string of the molecule is COC(=O)CS(=O)(=O)c1cc([N+](=O)[O-])cc([N+](=O)[O-])c1C. The summed E-state index contributed by atoms with van der Waals surface area (Å²) in [7, 11) is -3.32. The average Bonchev–Trinajstić information content (AvgIpc) is 2.37. The van der Waals surface area contributed by atoms with Crippen molar-refractivity contribution in [3.8, 4) is 0 Å². The van der Waals surface area contributed by atoms with Gasteiger partial charge in [0.25, 0.3) is 11.4 Å². The molecule has 0 amide bonds. The summed E-state index contributed by atoms with van der Waals surface area (Å²) in [6.07, 6.45) is 0. The van der Waals surface area contributed by atoms with Crippen LogP contribution in [0.5, 0.6) is 0 Å². The minimum absolute atomic E-state index is 0.283. The van der Waals surface area contributed by atoms with Crippen LogP contribution in [-0.4, -0.2) is 37.1 Å². The Morgan fingerprint density at radius 2 is 1.81 bits per heavy atom. The van der Waals surface area contributed by atoms with E-state index >= 15 is 0 Å². The lowest BCUT2D eigenvalue weighted by atomic mass is 10.2. The smallest absolute Gasteiger partial charge is 0.321 e. The van der Waals surface area contributed by atoms with E-state index in [-0.39, 0.29) is 5.56 Å². The summed E-state index contributed by atoms with van der Waals surface area (Å²) in [6, 6.07) is 1.34. The molecular weight excluding hydrogens is 308 g/mol. The van der Waals surface area contributed by atoms with Gasteiger partial charge in [-0.1, -0.05) is 0 Å². The number of carbonyl (C=O) groups excluding carboxylic acids is 1. The van der Waals surface area contributed by atoms with Gasteiger partial charge in [-0.05, 0) is 6.92 Å². The Morgan fingerprint density at radius 3 is 2.24 bits per heavy atom. The van der Waals surface area contributed by atoms with Crippen molar-refractivity contribution in [3.63, 3.8) is 0 Å². The maximum Gasteiger partial charge on any atom is 0.321 e. The number of hydrogen-bond donors (Lipinski definition) is 0. The van der Waals surface area contributed by atoms with Crippen LogP contribution in [0.4, 0.5) is 11.4 Å². The number of esters is 1. The molecule has 0 spiro atoms. The topological polar surface area (TPSA) is 147 Å². The monoisotopic (exact) mass is 318 g/mol. The molecule has 0 saturated carbocycles. The number of methoxy groups -OCH3 is 1. The molecule has 0 atom stereocenters. The van der Waals surface area contributed by atoms with Crippen molar-refractivity contribution in [2.75, 3.05) is 12.9 Å². The molecular formula is C10H10N2O8S. The number of sulfone groups is 1. The molecule has 1 aromatic carbocycles. The van der Waals surface area contributed by atoms with Crippen molar-refractivity contribution < 1.29 is 27.8 Å². The number of benzene rings is 1. The van der Waals surface area contributed by atoms with Gasteiger partial charge in [0.15, 0.2) is 15.6 Å². The van der Waals surface area contributed by atoms with Crippen molar-refractivity contribution in [3.05, 3.63) is 37.9 Å². The Morgan fingerprint density at radius 1 is 1.24 bits per heavy atom. The molecule has 0 aliphatic carbocycles. The third kappa shape index (κ3) is 3.51. The zero-order chi connectivity index (χ0) is 16.4. The molecule has 1 aromatic rings. The van der Waals surface area contributed by atoms with Gasteiger partial charge >= 0.3 is 5.97 Å². The first kappa shape index (κ1) is 16.5. The third-order valence-electron chi connectivity index (χ3n) is 2.60. The van der Waals surface area contributed by atoms with E-state index in [2.05, 4.69) is 4.74 Å². The summed E-state index contributed by atoms with van der Waals surface area (Å²) in [5.41, 5.74) is -1.75. The van der Waals surface area contributed by atoms with Crippen LogP contribution < -0.4 is 0 Å². The van der Waals surface area contributed by atoms with Crippen molar-refractivity contribution in [2.24, 2.45) is 0 Å². The molecule has 11 heteroatoms. The zero-order valence-corrected chi connectivity index (χ0v) is 11.7. The number of non-ortho nitro benzene ring substituents is 1. The fourth-order valence-electron chi connectivity index (χ4n) is 1.57. The van der Waals surface area contributed by atoms with E-state index in [4.69, 9.17) is 0 Å². The highest BCUT2D eigenvalue weighted by Crippen LogP contribution is 2.31. The van der Waals surface area contributed by atoms with Crippen LogP contribution in [0.3, 0.4) is 0 Å². The largest absolute Gasteiger partial charge is 0.468 e. The molecule has 0 N–H and O–H groups in total. The van der Waals surface area contributed by atoms with Crippen LogP contribution in [0, 0.1) is 27.2 Å². The second-order valence-corrected chi connectivity index (χ2v) is 5.90. The van der Waals surface area contributed by atoms with Gasteiger partial charge in [0.05, 0.1) is 27.9 Å². The minimum Gasteiger partial charge on any atom is -0.468 e. The first-order chi connectivity index (χ1) is 9.60. The Kier molecular flexibility index (Phi) is 4.58. The predicted octanol–water partition coefficient (Wildman–Crippen LogP) is 0.758. The van der Waals surface area contributed by atoms with Crippen LogP contribution in [0.25, 0.3) is 0 Å². The summed E-state index contributed by atoms with van der Waals surface area (Å²) >= 11 is 0. The molecule has 0 saturated heterocycles. The van der Waals surface area contributed by atoms with Crippen LogP contribution in [0.2, 0.25) is 0 Å². The normalized spacial score (nSPS) is 11.0. The fraction of sp³-hybridized carbons (Fsp3) is 0.300. The molecule has 0 unspecified atom stereocenters. The first-order valence-corrected chi connectivity index (χ1v) is 6.98. The molecule has 0 bridgehead atoms. The Bertz CT molecular complexity index is 725. The van der Waals surface area contributed by atoms with Crippen LogP contribution >= 0.6 is 0 Å². The summed E-state index contributed by atoms with van der Waals surface area (Å²) < 4.78 is 28.3. The summed E-state index contributed by atoms with van der Waals surface area (Å²) in [5.74, 6) is -2.15. The van der Waals surface area contributed by atoms with Crippen molar-refractivity contribution >= 4 is 27.2 Å². The lowest BCUT2D eigenvalue weighted by Crippen LogP contribution is -2.18. The van der Waals surface area contributed by atoms with Crippen LogP contribution in [-0.2, 0) is 19.4 Å². The Hall–Kier alpha value is -2.56. The number of nitrogens with zero attached hydrogens (tertiary/aromatic N) is 2. The van der Waals surface area contributed by atoms with E-state index in [1.54, 1.807) is 0 Å². The molecule has 1 rings (SSSR count).